The fraction of sp³-hybridized carbons (Fsp3) is 0.0256. The molecule has 4 aliphatic rings. The first-order valence-corrected chi connectivity index (χ1v) is 28.0. The summed E-state index contributed by atoms with van der Waals surface area (Å²) in [7, 11) is 0. The first-order chi connectivity index (χ1) is 39.7. The second-order valence-corrected chi connectivity index (χ2v) is 22.1. The van der Waals surface area contributed by atoms with Crippen molar-refractivity contribution < 1.29 is 0 Å². The van der Waals surface area contributed by atoms with Crippen molar-refractivity contribution in [2.75, 3.05) is 4.90 Å². The van der Waals surface area contributed by atoms with E-state index in [0.717, 1.165) is 28.2 Å². The maximum atomic E-state index is 2.62. The number of para-hydroxylation sites is 4. The van der Waals surface area contributed by atoms with Gasteiger partial charge in [-0.05, 0) is 136 Å². The SMILES string of the molecule is c1ccc(-c2ccc(-c3ccccc3N(c3ccc4c(c3)C3(c5ccccc5-4)c4ccccc4-n4c5ccccc5c5cccc3c54)c3cc4c(c5ccccc35)-c3ccccc3C43c4ccccc4-c4ccccc43)cc2)cc1. The summed E-state index contributed by atoms with van der Waals surface area (Å²) in [6.07, 6.45) is 0. The maximum Gasteiger partial charge on any atom is 0.0755 e. The molecule has 370 valence electrons. The van der Waals surface area contributed by atoms with Crippen molar-refractivity contribution in [3.05, 3.63) is 336 Å². The summed E-state index contributed by atoms with van der Waals surface area (Å²) in [5.74, 6) is 0. The quantitative estimate of drug-likeness (QED) is 0.167. The molecule has 1 unspecified atom stereocenters. The fourth-order valence-electron chi connectivity index (χ4n) is 15.6. The molecule has 2 heteroatoms. The van der Waals surface area contributed by atoms with Gasteiger partial charge in [0.1, 0.15) is 0 Å². The Morgan fingerprint density at radius 3 is 1.46 bits per heavy atom. The molecule has 1 atom stereocenters. The lowest BCUT2D eigenvalue weighted by molar-refractivity contribution is 0.748. The highest BCUT2D eigenvalue weighted by molar-refractivity contribution is 6.15. The van der Waals surface area contributed by atoms with E-state index in [1.807, 2.05) is 0 Å². The van der Waals surface area contributed by atoms with Crippen LogP contribution in [0.5, 0.6) is 0 Å². The topological polar surface area (TPSA) is 8.17 Å². The molecule has 13 aromatic carbocycles. The Labute approximate surface area is 464 Å². The van der Waals surface area contributed by atoms with Gasteiger partial charge in [0.05, 0.1) is 38.9 Å². The molecule has 80 heavy (non-hydrogen) atoms. The van der Waals surface area contributed by atoms with Crippen LogP contribution in [0, 0.1) is 0 Å². The van der Waals surface area contributed by atoms with Crippen LogP contribution in [0.1, 0.15) is 44.5 Å². The van der Waals surface area contributed by atoms with E-state index >= 15 is 0 Å². The summed E-state index contributed by atoms with van der Waals surface area (Å²) >= 11 is 0. The number of nitrogens with zero attached hydrogens (tertiary/aromatic N) is 2. The molecule has 3 aliphatic carbocycles. The van der Waals surface area contributed by atoms with Gasteiger partial charge in [-0.2, -0.15) is 0 Å². The van der Waals surface area contributed by atoms with Gasteiger partial charge in [-0.3, -0.25) is 0 Å². The van der Waals surface area contributed by atoms with Crippen molar-refractivity contribution in [3.8, 4) is 61.3 Å². The standard InChI is InChI=1S/C78H48N2/c1-2-21-49(22-3-1)50-41-43-51(44-42-50)53-23-10-17-38-71(53)79(74-48-70-75(60-29-5-4-27-58(60)74)62-30-9-15-35-66(62)77(70)63-32-12-6-24-54(63)55-25-7-13-33-64(55)77)52-45-46-57-56-26-8-14-34-65(56)78(69(57)47-52)67-36-16-19-40-73(67)80-72-39-18-11-28-59(72)61-31-20-37-68(78)76(61)80/h1-48H. The van der Waals surface area contributed by atoms with Crippen molar-refractivity contribution in [1.82, 2.24) is 4.57 Å². The zero-order valence-electron chi connectivity index (χ0n) is 43.6. The summed E-state index contributed by atoms with van der Waals surface area (Å²) in [5, 5.41) is 4.98. The predicted octanol–water partition coefficient (Wildman–Crippen LogP) is 19.8. The van der Waals surface area contributed by atoms with Crippen LogP contribution in [0.15, 0.2) is 291 Å². The number of hydrogen-bond acceptors (Lipinski definition) is 1. The molecule has 0 fully saturated rings. The first-order valence-electron chi connectivity index (χ1n) is 28.0. The van der Waals surface area contributed by atoms with E-state index in [0.29, 0.717) is 0 Å². The number of rotatable bonds is 5. The minimum Gasteiger partial charge on any atom is -0.309 e. The van der Waals surface area contributed by atoms with E-state index in [2.05, 4.69) is 301 Å². The average Bonchev–Trinajstić information content (AvgIpc) is 2.61. The van der Waals surface area contributed by atoms with Gasteiger partial charge in [-0.15, -0.1) is 0 Å². The summed E-state index contributed by atoms with van der Waals surface area (Å²) < 4.78 is 2.54. The van der Waals surface area contributed by atoms with Crippen LogP contribution in [-0.4, -0.2) is 4.57 Å². The van der Waals surface area contributed by atoms with Crippen LogP contribution in [0.4, 0.5) is 17.1 Å². The van der Waals surface area contributed by atoms with Gasteiger partial charge in [-0.25, -0.2) is 0 Å². The molecule has 1 aliphatic heterocycles. The number of anilines is 3. The van der Waals surface area contributed by atoms with E-state index < -0.39 is 10.8 Å². The number of fused-ring (bicyclic) bond motifs is 24. The van der Waals surface area contributed by atoms with Gasteiger partial charge >= 0.3 is 0 Å². The molecule has 0 N–H and O–H groups in total. The lowest BCUT2D eigenvalue weighted by Crippen LogP contribution is -2.33. The van der Waals surface area contributed by atoms with Crippen molar-refractivity contribution in [2.24, 2.45) is 0 Å². The molecule has 0 amide bonds. The zero-order chi connectivity index (χ0) is 52.3. The maximum absolute atomic E-state index is 2.62. The highest BCUT2D eigenvalue weighted by Gasteiger charge is 2.54. The van der Waals surface area contributed by atoms with Gasteiger partial charge in [0.25, 0.3) is 0 Å². The second-order valence-electron chi connectivity index (χ2n) is 22.1. The Bertz CT molecular complexity index is 4920. The van der Waals surface area contributed by atoms with E-state index in [1.165, 1.54) is 127 Å². The molecule has 0 saturated heterocycles. The second kappa shape index (κ2) is 16.1. The molecule has 1 aromatic heterocycles. The third-order valence-corrected chi connectivity index (χ3v) is 18.6. The van der Waals surface area contributed by atoms with Gasteiger partial charge in [-0.1, -0.05) is 255 Å². The monoisotopic (exact) mass is 1010 g/mol. The molecular weight excluding hydrogens is 965 g/mol. The van der Waals surface area contributed by atoms with Crippen LogP contribution in [-0.2, 0) is 10.8 Å². The molecule has 0 radical (unpaired) electrons. The molecule has 18 rings (SSSR count). The largest absolute Gasteiger partial charge is 0.309 e. The van der Waals surface area contributed by atoms with Crippen LogP contribution in [0.25, 0.3) is 93.9 Å². The molecule has 0 saturated carbocycles. The molecule has 0 bridgehead atoms. The molecular formula is C78H48N2. The summed E-state index contributed by atoms with van der Waals surface area (Å²) in [6, 6.07) is 110. The third-order valence-electron chi connectivity index (χ3n) is 18.6. The number of hydrogen-bond donors (Lipinski definition) is 0. The summed E-state index contributed by atoms with van der Waals surface area (Å²) in [5.41, 5.74) is 28.8. The van der Waals surface area contributed by atoms with Crippen molar-refractivity contribution in [1.29, 1.82) is 0 Å². The minimum absolute atomic E-state index is 0.553. The molecule has 2 heterocycles. The van der Waals surface area contributed by atoms with Crippen molar-refractivity contribution in [2.45, 2.75) is 10.8 Å². The summed E-state index contributed by atoms with van der Waals surface area (Å²) in [6.45, 7) is 0. The van der Waals surface area contributed by atoms with E-state index in [1.54, 1.807) is 0 Å². The zero-order valence-corrected chi connectivity index (χ0v) is 43.6. The number of benzene rings is 13. The van der Waals surface area contributed by atoms with E-state index in [9.17, 15) is 0 Å². The van der Waals surface area contributed by atoms with E-state index in [4.69, 9.17) is 0 Å². The Balaban J connectivity index is 0.961. The van der Waals surface area contributed by atoms with Gasteiger partial charge in [0.2, 0.25) is 0 Å². The Morgan fingerprint density at radius 1 is 0.263 bits per heavy atom. The Kier molecular flexibility index (Phi) is 8.83. The Hall–Kier alpha value is -10.3. The van der Waals surface area contributed by atoms with Gasteiger partial charge in [0, 0.05) is 27.4 Å². The lowest BCUT2D eigenvalue weighted by atomic mass is 9.65. The normalized spacial score (nSPS) is 15.2. The summed E-state index contributed by atoms with van der Waals surface area (Å²) in [4.78, 5) is 2.62. The first kappa shape index (κ1) is 43.8. The Morgan fingerprint density at radius 2 is 0.750 bits per heavy atom. The van der Waals surface area contributed by atoms with Crippen LogP contribution in [0.3, 0.4) is 0 Å². The predicted molar refractivity (Wildman–Crippen MR) is 331 cm³/mol. The van der Waals surface area contributed by atoms with Crippen molar-refractivity contribution in [3.63, 3.8) is 0 Å². The average molecular weight is 1010 g/mol. The highest BCUT2D eigenvalue weighted by atomic mass is 15.1. The third kappa shape index (κ3) is 5.47. The van der Waals surface area contributed by atoms with Crippen LogP contribution in [0.2, 0.25) is 0 Å². The van der Waals surface area contributed by atoms with Crippen molar-refractivity contribution >= 4 is 49.6 Å². The molecule has 2 spiro atoms. The van der Waals surface area contributed by atoms with Gasteiger partial charge in [0.15, 0.2) is 0 Å². The van der Waals surface area contributed by atoms with Crippen LogP contribution >= 0.6 is 0 Å². The lowest BCUT2D eigenvalue weighted by Gasteiger charge is -2.40. The molecule has 2 nitrogen and oxygen atoms in total. The number of aromatic nitrogens is 1. The fourth-order valence-corrected chi connectivity index (χ4v) is 15.6. The van der Waals surface area contributed by atoms with E-state index in [-0.39, 0.29) is 0 Å². The molecule has 14 aromatic rings. The smallest absolute Gasteiger partial charge is 0.0755 e. The highest BCUT2D eigenvalue weighted by Crippen LogP contribution is 2.66. The minimum atomic E-state index is -0.635. The van der Waals surface area contributed by atoms with Gasteiger partial charge < -0.3 is 9.47 Å². The van der Waals surface area contributed by atoms with Crippen LogP contribution < -0.4 is 4.90 Å².